The van der Waals surface area contributed by atoms with E-state index < -0.39 is 12.2 Å². The van der Waals surface area contributed by atoms with Gasteiger partial charge in [0.1, 0.15) is 0 Å². The Kier molecular flexibility index (Phi) is 12.2. The summed E-state index contributed by atoms with van der Waals surface area (Å²) in [6.45, 7) is 3.51. The molecule has 0 saturated heterocycles. The van der Waals surface area contributed by atoms with Gasteiger partial charge in [-0.25, -0.2) is 0 Å². The van der Waals surface area contributed by atoms with Crippen molar-refractivity contribution in [1.82, 2.24) is 5.32 Å². The fourth-order valence-corrected chi connectivity index (χ4v) is 6.00. The average Bonchev–Trinajstić information content (AvgIpc) is 2.99. The summed E-state index contributed by atoms with van der Waals surface area (Å²) in [4.78, 5) is 0. The number of dihydropyridines is 1. The molecule has 6 nitrogen and oxygen atoms in total. The maximum Gasteiger partial charge on any atom is 0.161 e. The maximum atomic E-state index is 11.2. The first-order valence-corrected chi connectivity index (χ1v) is 15.6. The zero-order valence-electron chi connectivity index (χ0n) is 25.0. The van der Waals surface area contributed by atoms with Gasteiger partial charge in [-0.2, -0.15) is 0 Å². The number of aliphatic hydroxyl groups is 2. The molecule has 1 aliphatic carbocycles. The van der Waals surface area contributed by atoms with Crippen LogP contribution in [-0.4, -0.2) is 40.7 Å². The number of nitrogens with two attached hydrogens (primary N) is 1. The van der Waals surface area contributed by atoms with Crippen molar-refractivity contribution >= 4 is 0 Å². The number of phenols is 1. The van der Waals surface area contributed by atoms with E-state index in [-0.39, 0.29) is 11.7 Å². The molecule has 1 aliphatic heterocycles. The molecule has 0 amide bonds. The third kappa shape index (κ3) is 9.86. The van der Waals surface area contributed by atoms with Crippen molar-refractivity contribution in [3.8, 4) is 23.3 Å². The fourth-order valence-electron chi connectivity index (χ4n) is 6.00. The van der Waals surface area contributed by atoms with Crippen LogP contribution in [0.25, 0.3) is 0 Å². The smallest absolute Gasteiger partial charge is 0.161 e. The molecule has 6 heteroatoms. The predicted octanol–water partition coefficient (Wildman–Crippen LogP) is 5.61. The molecule has 226 valence electrons. The van der Waals surface area contributed by atoms with Gasteiger partial charge in [-0.15, -0.1) is 5.92 Å². The number of nitrogens with one attached hydrogen (secondary N) is 1. The number of aromatic hydroxyl groups is 1. The lowest BCUT2D eigenvalue weighted by Crippen LogP contribution is -2.32. The van der Waals surface area contributed by atoms with Crippen LogP contribution in [0.15, 0.2) is 72.1 Å². The van der Waals surface area contributed by atoms with Crippen molar-refractivity contribution in [2.75, 3.05) is 13.2 Å². The first-order valence-electron chi connectivity index (χ1n) is 15.6. The van der Waals surface area contributed by atoms with Gasteiger partial charge in [-0.1, -0.05) is 68.2 Å². The number of aliphatic hydroxyl groups excluding tert-OH is 2. The lowest BCUT2D eigenvalue weighted by Gasteiger charge is -2.28. The number of benzene rings is 2. The molecule has 2 aliphatic rings. The van der Waals surface area contributed by atoms with Crippen LogP contribution in [0.4, 0.5) is 0 Å². The first-order chi connectivity index (χ1) is 20.4. The molecule has 42 heavy (non-hydrogen) atoms. The molecule has 6 N–H and O–H groups in total. The van der Waals surface area contributed by atoms with Crippen LogP contribution in [0.2, 0.25) is 0 Å². The topological polar surface area (TPSA) is 108 Å². The number of aryl methyl sites for hydroxylation is 1. The molecule has 0 fully saturated rings. The molecule has 1 heterocycles. The first kappa shape index (κ1) is 31.5. The zero-order chi connectivity index (χ0) is 29.7. The summed E-state index contributed by atoms with van der Waals surface area (Å²) in [5.41, 5.74) is 9.34. The molecular weight excluding hydrogens is 524 g/mol. The van der Waals surface area contributed by atoms with E-state index in [4.69, 9.17) is 10.5 Å². The van der Waals surface area contributed by atoms with Crippen LogP contribution >= 0.6 is 0 Å². The zero-order valence-corrected chi connectivity index (χ0v) is 25.0. The van der Waals surface area contributed by atoms with E-state index in [2.05, 4.69) is 54.4 Å². The van der Waals surface area contributed by atoms with Crippen molar-refractivity contribution in [2.45, 2.75) is 83.3 Å². The number of hydrogen-bond donors (Lipinski definition) is 5. The minimum absolute atomic E-state index is 0.110. The highest BCUT2D eigenvalue weighted by Gasteiger charge is 2.27. The number of hydrogen-bond acceptors (Lipinski definition) is 6. The third-order valence-electron chi connectivity index (χ3n) is 8.60. The van der Waals surface area contributed by atoms with E-state index in [1.54, 1.807) is 6.07 Å². The molecule has 2 aromatic rings. The van der Waals surface area contributed by atoms with Crippen LogP contribution in [0.1, 0.15) is 69.4 Å². The van der Waals surface area contributed by atoms with Crippen molar-refractivity contribution < 1.29 is 20.1 Å². The minimum Gasteiger partial charge on any atom is -0.504 e. The van der Waals surface area contributed by atoms with Crippen LogP contribution < -0.4 is 15.8 Å². The molecule has 0 saturated carbocycles. The second-order valence-corrected chi connectivity index (χ2v) is 11.9. The summed E-state index contributed by atoms with van der Waals surface area (Å²) in [7, 11) is 0. The second kappa shape index (κ2) is 16.3. The largest absolute Gasteiger partial charge is 0.504 e. The Hall–Kier alpha value is -3.40. The van der Waals surface area contributed by atoms with Crippen molar-refractivity contribution in [3.05, 3.63) is 83.2 Å². The summed E-state index contributed by atoms with van der Waals surface area (Å²) < 4.78 is 5.89. The Balaban J connectivity index is 1.29. The monoisotopic (exact) mass is 572 g/mol. The Bertz CT molecular complexity index is 1250. The van der Waals surface area contributed by atoms with Crippen LogP contribution in [0.5, 0.6) is 11.5 Å². The molecule has 4 rings (SSSR count). The van der Waals surface area contributed by atoms with Crippen molar-refractivity contribution in [3.63, 3.8) is 0 Å². The normalized spacial score (nSPS) is 22.4. The highest BCUT2D eigenvalue weighted by Crippen LogP contribution is 2.30. The van der Waals surface area contributed by atoms with Crippen LogP contribution in [0, 0.1) is 29.6 Å². The quantitative estimate of drug-likeness (QED) is 0.167. The van der Waals surface area contributed by atoms with Gasteiger partial charge in [0.15, 0.2) is 11.5 Å². The van der Waals surface area contributed by atoms with Gasteiger partial charge in [0.2, 0.25) is 0 Å². The molecular formula is C36H48N2O4. The SMILES string of the molecule is C[C@H](Cc1ccccc1)[C@@H]1C#CC[C@H]([C@H](O)CCc2ccc(O)c(OCCCC3=CCNC(N)=C3)c2)[C@@H](O)CCCC1. The fraction of sp³-hybridized carbons (Fsp3) is 0.500. The summed E-state index contributed by atoms with van der Waals surface area (Å²) in [6.07, 6.45) is 10.9. The lowest BCUT2D eigenvalue weighted by atomic mass is 9.82. The standard InChI is InChI=1S/C36H48N2O4/c1-26(23-27-9-3-2-4-10-27)30-12-5-6-15-32(39)31(14-7-13-30)33(40)18-16-29-17-19-34(41)35(24-29)42-22-8-11-28-20-21-38-36(37)25-28/h2-4,9-10,17,19-20,24-26,30-33,38-41H,5-6,8,11-12,14-16,18,21-23,37H2,1H3/t26-,30+,31+,32+,33-/m1/s1. The van der Waals surface area contributed by atoms with Gasteiger partial charge in [0.25, 0.3) is 0 Å². The van der Waals surface area contributed by atoms with Gasteiger partial charge in [-0.3, -0.25) is 0 Å². The van der Waals surface area contributed by atoms with Crippen molar-refractivity contribution in [1.29, 1.82) is 0 Å². The molecule has 0 radical (unpaired) electrons. The van der Waals surface area contributed by atoms with E-state index in [0.29, 0.717) is 55.7 Å². The van der Waals surface area contributed by atoms with Gasteiger partial charge < -0.3 is 31.1 Å². The Labute approximate surface area is 251 Å². The summed E-state index contributed by atoms with van der Waals surface area (Å²) in [6, 6.07) is 16.0. The highest BCUT2D eigenvalue weighted by atomic mass is 16.5. The number of phenolic OH excluding ortho intramolecular Hbond substituents is 1. The molecule has 0 aromatic heterocycles. The van der Waals surface area contributed by atoms with E-state index in [0.717, 1.165) is 50.6 Å². The highest BCUT2D eigenvalue weighted by molar-refractivity contribution is 5.42. The second-order valence-electron chi connectivity index (χ2n) is 11.9. The molecule has 5 atom stereocenters. The van der Waals surface area contributed by atoms with Crippen LogP contribution in [0.3, 0.4) is 0 Å². The Morgan fingerprint density at radius 3 is 2.69 bits per heavy atom. The maximum absolute atomic E-state index is 11.2. The van der Waals surface area contributed by atoms with E-state index in [1.807, 2.05) is 24.3 Å². The van der Waals surface area contributed by atoms with E-state index in [9.17, 15) is 15.3 Å². The number of ether oxygens (including phenoxy) is 1. The van der Waals surface area contributed by atoms with Gasteiger partial charge in [-0.05, 0) is 85.8 Å². The van der Waals surface area contributed by atoms with Crippen molar-refractivity contribution in [2.24, 2.45) is 23.5 Å². The van der Waals surface area contributed by atoms with Gasteiger partial charge in [0, 0.05) is 24.8 Å². The summed E-state index contributed by atoms with van der Waals surface area (Å²) in [5.74, 6) is 8.62. The number of allylic oxidation sites excluding steroid dienone is 2. The van der Waals surface area contributed by atoms with Gasteiger partial charge in [0.05, 0.1) is 24.6 Å². The summed E-state index contributed by atoms with van der Waals surface area (Å²) >= 11 is 0. The Morgan fingerprint density at radius 2 is 1.88 bits per heavy atom. The van der Waals surface area contributed by atoms with Gasteiger partial charge >= 0.3 is 0 Å². The Morgan fingerprint density at radius 1 is 1.07 bits per heavy atom. The lowest BCUT2D eigenvalue weighted by molar-refractivity contribution is 0.00552. The van der Waals surface area contributed by atoms with E-state index in [1.165, 1.54) is 11.1 Å². The predicted molar refractivity (Wildman–Crippen MR) is 169 cm³/mol. The third-order valence-corrected chi connectivity index (χ3v) is 8.60. The average molecular weight is 573 g/mol. The number of rotatable bonds is 12. The molecule has 0 spiro atoms. The molecule has 2 aromatic carbocycles. The minimum atomic E-state index is -0.661. The van der Waals surface area contributed by atoms with E-state index >= 15 is 0 Å². The summed E-state index contributed by atoms with van der Waals surface area (Å²) in [5, 5.41) is 35.5. The molecule has 0 bridgehead atoms. The van der Waals surface area contributed by atoms with Crippen LogP contribution in [-0.2, 0) is 12.8 Å². The molecule has 0 unspecified atom stereocenters.